The van der Waals surface area contributed by atoms with Crippen LogP contribution in [-0.4, -0.2) is 30.2 Å². The van der Waals surface area contributed by atoms with E-state index < -0.39 is 18.1 Å². The Kier molecular flexibility index (Phi) is 2.74. The monoisotopic (exact) mass is 272 g/mol. The van der Waals surface area contributed by atoms with Gasteiger partial charge in [0.2, 0.25) is 5.65 Å². The molecule has 0 saturated heterocycles. The number of carbonyl (C=O) groups is 1. The number of hydrogen-bond acceptors (Lipinski definition) is 4. The van der Waals surface area contributed by atoms with Crippen molar-refractivity contribution >= 4 is 22.6 Å². The van der Waals surface area contributed by atoms with E-state index in [1.807, 2.05) is 19.1 Å². The summed E-state index contributed by atoms with van der Waals surface area (Å²) >= 11 is 0. The van der Waals surface area contributed by atoms with Crippen LogP contribution >= 0.6 is 0 Å². The molecule has 7 nitrogen and oxygen atoms in total. The standard InChI is InChI=1S/C13H12N4O3/c1-2-10-14-15-12-13(20)16(7-11(18)19)8-5-3-4-6-9(8)17(10)12/h3-6H,2,7H2,1H3,(H,18,19). The van der Waals surface area contributed by atoms with E-state index in [-0.39, 0.29) is 5.65 Å². The van der Waals surface area contributed by atoms with Gasteiger partial charge in [-0.3, -0.25) is 18.6 Å². The number of fused-ring (bicyclic) bond motifs is 3. The molecule has 0 aliphatic carbocycles. The van der Waals surface area contributed by atoms with Crippen molar-refractivity contribution in [3.63, 3.8) is 0 Å². The number of rotatable bonds is 3. The maximum absolute atomic E-state index is 12.4. The minimum Gasteiger partial charge on any atom is -0.480 e. The molecule has 0 atom stereocenters. The third-order valence-electron chi connectivity index (χ3n) is 3.19. The van der Waals surface area contributed by atoms with Crippen LogP contribution in [0, 0.1) is 0 Å². The van der Waals surface area contributed by atoms with Crippen molar-refractivity contribution in [1.29, 1.82) is 0 Å². The Morgan fingerprint density at radius 2 is 1.95 bits per heavy atom. The van der Waals surface area contributed by atoms with Crippen molar-refractivity contribution in [1.82, 2.24) is 19.2 Å². The van der Waals surface area contributed by atoms with Gasteiger partial charge >= 0.3 is 5.97 Å². The first-order valence-electron chi connectivity index (χ1n) is 6.20. The Morgan fingerprint density at radius 3 is 2.60 bits per heavy atom. The molecule has 20 heavy (non-hydrogen) atoms. The lowest BCUT2D eigenvalue weighted by Crippen LogP contribution is -2.26. The lowest BCUT2D eigenvalue weighted by molar-refractivity contribution is -0.137. The molecule has 0 fully saturated rings. The molecular formula is C13H12N4O3. The molecule has 3 aromatic rings. The number of para-hydroxylation sites is 2. The Labute approximate surface area is 113 Å². The van der Waals surface area contributed by atoms with Gasteiger partial charge in [0.05, 0.1) is 11.0 Å². The van der Waals surface area contributed by atoms with Crippen molar-refractivity contribution in [2.45, 2.75) is 19.9 Å². The summed E-state index contributed by atoms with van der Waals surface area (Å²) in [7, 11) is 0. The van der Waals surface area contributed by atoms with Crippen LogP contribution in [0.4, 0.5) is 0 Å². The summed E-state index contributed by atoms with van der Waals surface area (Å²) in [4.78, 5) is 23.3. The fourth-order valence-electron chi connectivity index (χ4n) is 2.34. The van der Waals surface area contributed by atoms with Crippen LogP contribution in [0.25, 0.3) is 16.7 Å². The first-order chi connectivity index (χ1) is 9.63. The molecule has 3 rings (SSSR count). The van der Waals surface area contributed by atoms with Crippen LogP contribution in [0.3, 0.4) is 0 Å². The zero-order chi connectivity index (χ0) is 14.3. The minimum atomic E-state index is -1.07. The van der Waals surface area contributed by atoms with Crippen molar-refractivity contribution in [2.75, 3.05) is 0 Å². The number of nitrogens with zero attached hydrogens (tertiary/aromatic N) is 4. The molecule has 0 unspecified atom stereocenters. The van der Waals surface area contributed by atoms with Gasteiger partial charge in [-0.2, -0.15) is 0 Å². The highest BCUT2D eigenvalue weighted by atomic mass is 16.4. The van der Waals surface area contributed by atoms with E-state index in [9.17, 15) is 9.59 Å². The van der Waals surface area contributed by atoms with Crippen LogP contribution < -0.4 is 5.56 Å². The van der Waals surface area contributed by atoms with Crippen molar-refractivity contribution in [3.8, 4) is 0 Å². The number of benzene rings is 1. The van der Waals surface area contributed by atoms with E-state index in [0.717, 1.165) is 5.52 Å². The Hall–Kier alpha value is -2.70. The van der Waals surface area contributed by atoms with Crippen LogP contribution in [0.15, 0.2) is 29.1 Å². The molecule has 7 heteroatoms. The maximum atomic E-state index is 12.4. The quantitative estimate of drug-likeness (QED) is 0.757. The summed E-state index contributed by atoms with van der Waals surface area (Å²) in [5, 5.41) is 16.9. The molecule has 1 aromatic carbocycles. The van der Waals surface area contributed by atoms with Gasteiger partial charge in [0, 0.05) is 6.42 Å². The molecule has 102 valence electrons. The SMILES string of the molecule is CCc1nnc2c(=O)n(CC(=O)O)c3ccccc3n12. The van der Waals surface area contributed by atoms with Gasteiger partial charge < -0.3 is 5.11 Å². The fraction of sp³-hybridized carbons (Fsp3) is 0.231. The number of carboxylic acid groups (broad SMARTS) is 1. The Balaban J connectivity index is 2.53. The van der Waals surface area contributed by atoms with E-state index in [1.54, 1.807) is 16.5 Å². The minimum absolute atomic E-state index is 0.154. The van der Waals surface area contributed by atoms with E-state index in [0.29, 0.717) is 17.8 Å². The summed E-state index contributed by atoms with van der Waals surface area (Å²) < 4.78 is 2.90. The van der Waals surface area contributed by atoms with Gasteiger partial charge in [0.25, 0.3) is 5.56 Å². The van der Waals surface area contributed by atoms with Gasteiger partial charge in [-0.1, -0.05) is 19.1 Å². The molecule has 0 spiro atoms. The lowest BCUT2D eigenvalue weighted by Gasteiger charge is -2.10. The van der Waals surface area contributed by atoms with Crippen LogP contribution in [0.5, 0.6) is 0 Å². The number of hydrogen-bond donors (Lipinski definition) is 1. The second kappa shape index (κ2) is 4.44. The fourth-order valence-corrected chi connectivity index (χ4v) is 2.34. The molecular weight excluding hydrogens is 260 g/mol. The van der Waals surface area contributed by atoms with E-state index >= 15 is 0 Å². The second-order valence-corrected chi connectivity index (χ2v) is 4.40. The summed E-state index contributed by atoms with van der Waals surface area (Å²) in [5.74, 6) is -0.396. The zero-order valence-corrected chi connectivity index (χ0v) is 10.8. The average Bonchev–Trinajstić information content (AvgIpc) is 2.87. The Morgan fingerprint density at radius 1 is 1.25 bits per heavy atom. The molecule has 1 N–H and O–H groups in total. The number of aromatic nitrogens is 4. The average molecular weight is 272 g/mol. The highest BCUT2D eigenvalue weighted by molar-refractivity contribution is 5.80. The molecule has 0 amide bonds. The van der Waals surface area contributed by atoms with E-state index in [1.165, 1.54) is 4.57 Å². The van der Waals surface area contributed by atoms with E-state index in [4.69, 9.17) is 5.11 Å². The van der Waals surface area contributed by atoms with Crippen LogP contribution in [0.1, 0.15) is 12.7 Å². The molecule has 2 aromatic heterocycles. The Bertz CT molecular complexity index is 878. The van der Waals surface area contributed by atoms with Gasteiger partial charge in [-0.05, 0) is 12.1 Å². The molecule has 0 saturated carbocycles. The van der Waals surface area contributed by atoms with Crippen LogP contribution in [0.2, 0.25) is 0 Å². The number of aliphatic carboxylic acids is 1. The third-order valence-corrected chi connectivity index (χ3v) is 3.19. The summed E-state index contributed by atoms with van der Waals surface area (Å²) in [6.45, 7) is 1.53. The van der Waals surface area contributed by atoms with Crippen molar-refractivity contribution in [3.05, 3.63) is 40.4 Å². The van der Waals surface area contributed by atoms with Gasteiger partial charge in [-0.15, -0.1) is 10.2 Å². The smallest absolute Gasteiger partial charge is 0.323 e. The molecule has 0 aliphatic heterocycles. The predicted octanol–water partition coefficient (Wildman–Crippen LogP) is 0.691. The topological polar surface area (TPSA) is 89.5 Å². The first kappa shape index (κ1) is 12.3. The highest BCUT2D eigenvalue weighted by Gasteiger charge is 2.16. The first-order valence-corrected chi connectivity index (χ1v) is 6.20. The molecule has 2 heterocycles. The summed E-state index contributed by atoms with van der Waals surface area (Å²) in [6.07, 6.45) is 0.632. The van der Waals surface area contributed by atoms with Crippen molar-refractivity contribution in [2.24, 2.45) is 0 Å². The zero-order valence-electron chi connectivity index (χ0n) is 10.8. The molecule has 0 aliphatic rings. The molecule has 0 bridgehead atoms. The summed E-state index contributed by atoms with van der Waals surface area (Å²) in [5.41, 5.74) is 0.993. The van der Waals surface area contributed by atoms with Gasteiger partial charge in [0.1, 0.15) is 12.4 Å². The second-order valence-electron chi connectivity index (χ2n) is 4.40. The normalized spacial score (nSPS) is 11.2. The highest BCUT2D eigenvalue weighted by Crippen LogP contribution is 2.15. The lowest BCUT2D eigenvalue weighted by atomic mass is 10.2. The number of carboxylic acids is 1. The largest absolute Gasteiger partial charge is 0.480 e. The van der Waals surface area contributed by atoms with Gasteiger partial charge in [-0.25, -0.2) is 0 Å². The summed E-state index contributed by atoms with van der Waals surface area (Å²) in [6, 6.07) is 7.14. The third kappa shape index (κ3) is 1.67. The van der Waals surface area contributed by atoms with E-state index in [2.05, 4.69) is 10.2 Å². The van der Waals surface area contributed by atoms with Gasteiger partial charge in [0.15, 0.2) is 0 Å². The van der Waals surface area contributed by atoms with Crippen LogP contribution in [-0.2, 0) is 17.8 Å². The molecule has 0 radical (unpaired) electrons. The maximum Gasteiger partial charge on any atom is 0.323 e. The number of aryl methyl sites for hydroxylation is 1. The predicted molar refractivity (Wildman–Crippen MR) is 71.8 cm³/mol. The van der Waals surface area contributed by atoms with Crippen molar-refractivity contribution < 1.29 is 9.90 Å².